The molecule has 1 aliphatic rings. The maximum Gasteiger partial charge on any atom is 0.309 e. The van der Waals surface area contributed by atoms with Crippen molar-refractivity contribution < 1.29 is 22.7 Å². The second kappa shape index (κ2) is 7.50. The highest BCUT2D eigenvalue weighted by atomic mass is 35.5. The predicted molar refractivity (Wildman–Crippen MR) is 89.3 cm³/mol. The van der Waals surface area contributed by atoms with Gasteiger partial charge in [0.15, 0.2) is 6.61 Å². The summed E-state index contributed by atoms with van der Waals surface area (Å²) in [6, 6.07) is 4.00. The number of esters is 1. The zero-order valence-electron chi connectivity index (χ0n) is 13.4. The van der Waals surface area contributed by atoms with Gasteiger partial charge < -0.3 is 10.1 Å². The molecule has 1 aromatic rings. The van der Waals surface area contributed by atoms with Crippen molar-refractivity contribution in [3.63, 3.8) is 0 Å². The van der Waals surface area contributed by atoms with Gasteiger partial charge in [-0.2, -0.15) is 0 Å². The Bertz CT molecular complexity index is 744. The van der Waals surface area contributed by atoms with Crippen LogP contribution in [0.3, 0.4) is 0 Å². The number of hydrogen-bond donors (Lipinski definition) is 1. The average molecular weight is 375 g/mol. The topological polar surface area (TPSA) is 92.8 Å². The van der Waals surface area contributed by atoms with Crippen LogP contribution >= 0.6 is 11.6 Å². The fourth-order valence-electron chi connectivity index (χ4n) is 2.06. The Morgan fingerprint density at radius 2 is 2.00 bits per heavy atom. The molecule has 0 heterocycles. The standard InChI is InChI=1S/C15H19ClN2O5S/c1-18(2)24(21,22)11-6-7-12(16)13(8-11)17-14(19)9-23-15(20)10-4-3-5-10/h6-8,10H,3-5,9H2,1-2H3,(H,17,19). The third-order valence-corrected chi connectivity index (χ3v) is 5.92. The number of sulfonamides is 1. The van der Waals surface area contributed by atoms with E-state index in [1.165, 1.54) is 32.3 Å². The zero-order chi connectivity index (χ0) is 17.9. The molecule has 0 aliphatic heterocycles. The summed E-state index contributed by atoms with van der Waals surface area (Å²) in [5, 5.41) is 2.65. The maximum atomic E-state index is 12.1. The van der Waals surface area contributed by atoms with Gasteiger partial charge in [0, 0.05) is 14.1 Å². The molecule has 0 bridgehead atoms. The van der Waals surface area contributed by atoms with E-state index in [4.69, 9.17) is 16.3 Å². The first kappa shape index (κ1) is 18.7. The van der Waals surface area contributed by atoms with E-state index in [1.54, 1.807) is 0 Å². The summed E-state index contributed by atoms with van der Waals surface area (Å²) in [7, 11) is -0.837. The van der Waals surface area contributed by atoms with Crippen LogP contribution in [0, 0.1) is 5.92 Å². The van der Waals surface area contributed by atoms with Crippen molar-refractivity contribution in [2.75, 3.05) is 26.0 Å². The minimum Gasteiger partial charge on any atom is -0.455 e. The van der Waals surface area contributed by atoms with Crippen LogP contribution in [0.15, 0.2) is 23.1 Å². The highest BCUT2D eigenvalue weighted by molar-refractivity contribution is 7.89. The monoisotopic (exact) mass is 374 g/mol. The molecule has 1 aliphatic carbocycles. The van der Waals surface area contributed by atoms with Gasteiger partial charge in [-0.25, -0.2) is 12.7 Å². The molecule has 1 fully saturated rings. The van der Waals surface area contributed by atoms with Crippen LogP contribution in [0.2, 0.25) is 5.02 Å². The Labute approximate surface area is 146 Å². The fraction of sp³-hybridized carbons (Fsp3) is 0.467. The first-order valence-corrected chi connectivity index (χ1v) is 9.22. The minimum atomic E-state index is -3.65. The van der Waals surface area contributed by atoms with E-state index in [1.807, 2.05) is 0 Å². The Kier molecular flexibility index (Phi) is 5.84. The van der Waals surface area contributed by atoms with Gasteiger partial charge in [-0.3, -0.25) is 9.59 Å². The number of benzene rings is 1. The number of carbonyl (C=O) groups excluding carboxylic acids is 2. The largest absolute Gasteiger partial charge is 0.455 e. The average Bonchev–Trinajstić information content (AvgIpc) is 2.45. The van der Waals surface area contributed by atoms with Crippen molar-refractivity contribution in [1.29, 1.82) is 0 Å². The van der Waals surface area contributed by atoms with Gasteiger partial charge in [-0.05, 0) is 31.0 Å². The molecular formula is C15H19ClN2O5S. The molecule has 7 nitrogen and oxygen atoms in total. The summed E-state index contributed by atoms with van der Waals surface area (Å²) in [6.07, 6.45) is 2.57. The first-order valence-electron chi connectivity index (χ1n) is 7.40. The first-order chi connectivity index (χ1) is 11.2. The summed E-state index contributed by atoms with van der Waals surface area (Å²) in [4.78, 5) is 23.5. The van der Waals surface area contributed by atoms with Gasteiger partial charge in [0.05, 0.1) is 21.5 Å². The van der Waals surface area contributed by atoms with E-state index in [2.05, 4.69) is 5.32 Å². The van der Waals surface area contributed by atoms with Crippen molar-refractivity contribution in [1.82, 2.24) is 4.31 Å². The van der Waals surface area contributed by atoms with E-state index >= 15 is 0 Å². The highest BCUT2D eigenvalue weighted by Crippen LogP contribution is 2.28. The number of amides is 1. The molecule has 1 aromatic carbocycles. The van der Waals surface area contributed by atoms with Gasteiger partial charge >= 0.3 is 5.97 Å². The third-order valence-electron chi connectivity index (χ3n) is 3.77. The van der Waals surface area contributed by atoms with Gasteiger partial charge in [-0.1, -0.05) is 18.0 Å². The summed E-state index contributed by atoms with van der Waals surface area (Å²) >= 11 is 5.98. The van der Waals surface area contributed by atoms with E-state index in [0.717, 1.165) is 23.6 Å². The van der Waals surface area contributed by atoms with Crippen LogP contribution in [0.1, 0.15) is 19.3 Å². The number of hydrogen-bond acceptors (Lipinski definition) is 5. The summed E-state index contributed by atoms with van der Waals surface area (Å²) in [6.45, 7) is -0.434. The van der Waals surface area contributed by atoms with E-state index < -0.39 is 22.5 Å². The summed E-state index contributed by atoms with van der Waals surface area (Å²) in [5.74, 6) is -1.08. The van der Waals surface area contributed by atoms with Gasteiger partial charge in [0.25, 0.3) is 5.91 Å². The SMILES string of the molecule is CN(C)S(=O)(=O)c1ccc(Cl)c(NC(=O)COC(=O)C2CCC2)c1. The lowest BCUT2D eigenvalue weighted by Crippen LogP contribution is -2.28. The van der Waals surface area contributed by atoms with Crippen molar-refractivity contribution in [3.05, 3.63) is 23.2 Å². The van der Waals surface area contributed by atoms with Gasteiger partial charge in [-0.15, -0.1) is 0 Å². The van der Waals surface area contributed by atoms with Crippen LogP contribution in [-0.2, 0) is 24.3 Å². The second-order valence-electron chi connectivity index (χ2n) is 5.71. The number of ether oxygens (including phenoxy) is 1. The van der Waals surface area contributed by atoms with Gasteiger partial charge in [0.1, 0.15) is 0 Å². The second-order valence-corrected chi connectivity index (χ2v) is 8.27. The number of nitrogens with one attached hydrogen (secondary N) is 1. The zero-order valence-corrected chi connectivity index (χ0v) is 15.0. The van der Waals surface area contributed by atoms with Gasteiger partial charge in [0.2, 0.25) is 10.0 Å². The van der Waals surface area contributed by atoms with E-state index in [-0.39, 0.29) is 27.5 Å². The molecule has 0 spiro atoms. The van der Waals surface area contributed by atoms with Crippen molar-refractivity contribution in [2.45, 2.75) is 24.2 Å². The maximum absolute atomic E-state index is 12.1. The van der Waals surface area contributed by atoms with Crippen LogP contribution in [0.5, 0.6) is 0 Å². The van der Waals surface area contributed by atoms with Crippen molar-refractivity contribution >= 4 is 39.2 Å². The molecule has 0 saturated heterocycles. The summed E-state index contributed by atoms with van der Waals surface area (Å²) in [5.41, 5.74) is 0.143. The molecule has 0 radical (unpaired) electrons. The molecule has 1 amide bonds. The molecule has 2 rings (SSSR count). The smallest absolute Gasteiger partial charge is 0.309 e. The van der Waals surface area contributed by atoms with E-state index in [9.17, 15) is 18.0 Å². The lowest BCUT2D eigenvalue weighted by molar-refractivity contribution is -0.154. The number of anilines is 1. The highest BCUT2D eigenvalue weighted by Gasteiger charge is 2.27. The third kappa shape index (κ3) is 4.25. The molecule has 24 heavy (non-hydrogen) atoms. The fourth-order valence-corrected chi connectivity index (χ4v) is 3.15. The summed E-state index contributed by atoms with van der Waals surface area (Å²) < 4.78 is 30.2. The number of nitrogens with zero attached hydrogens (tertiary/aromatic N) is 1. The lowest BCUT2D eigenvalue weighted by atomic mass is 9.86. The Hall–Kier alpha value is -1.64. The van der Waals surface area contributed by atoms with Crippen LogP contribution < -0.4 is 5.32 Å². The quantitative estimate of drug-likeness (QED) is 0.767. The number of rotatable bonds is 6. The minimum absolute atomic E-state index is 0.00124. The molecule has 132 valence electrons. The van der Waals surface area contributed by atoms with Crippen molar-refractivity contribution in [2.24, 2.45) is 5.92 Å². The predicted octanol–water partition coefficient (Wildman–Crippen LogP) is 1.87. The number of carbonyl (C=O) groups is 2. The van der Waals surface area contributed by atoms with Crippen LogP contribution in [0.4, 0.5) is 5.69 Å². The molecular weight excluding hydrogens is 356 g/mol. The Balaban J connectivity index is 2.03. The molecule has 0 atom stereocenters. The molecule has 0 unspecified atom stereocenters. The lowest BCUT2D eigenvalue weighted by Gasteiger charge is -2.22. The molecule has 1 saturated carbocycles. The van der Waals surface area contributed by atoms with Crippen molar-refractivity contribution in [3.8, 4) is 0 Å². The Morgan fingerprint density at radius 3 is 2.54 bits per heavy atom. The molecule has 1 N–H and O–H groups in total. The van der Waals surface area contributed by atoms with Crippen LogP contribution in [-0.4, -0.2) is 45.3 Å². The van der Waals surface area contributed by atoms with Crippen LogP contribution in [0.25, 0.3) is 0 Å². The normalized spacial score (nSPS) is 15.0. The van der Waals surface area contributed by atoms with E-state index in [0.29, 0.717) is 0 Å². The molecule has 9 heteroatoms. The molecule has 0 aromatic heterocycles. The Morgan fingerprint density at radius 1 is 1.33 bits per heavy atom. The number of halogens is 1.